The number of aliphatic hydroxyl groups is 1. The van der Waals surface area contributed by atoms with Crippen molar-refractivity contribution in [3.8, 4) is 0 Å². The summed E-state index contributed by atoms with van der Waals surface area (Å²) in [4.78, 5) is 35.7. The van der Waals surface area contributed by atoms with Gasteiger partial charge >= 0.3 is 5.97 Å². The molecular formula is C25H36N2O5. The summed E-state index contributed by atoms with van der Waals surface area (Å²) in [6, 6.07) is 8.45. The van der Waals surface area contributed by atoms with E-state index in [9.17, 15) is 19.5 Å². The molecule has 3 N–H and O–H groups in total. The second kappa shape index (κ2) is 13.5. The molecule has 0 saturated heterocycles. The summed E-state index contributed by atoms with van der Waals surface area (Å²) in [5, 5.41) is 15.9. The monoisotopic (exact) mass is 444 g/mol. The Labute approximate surface area is 190 Å². The van der Waals surface area contributed by atoms with Crippen molar-refractivity contribution in [1.82, 2.24) is 10.6 Å². The van der Waals surface area contributed by atoms with Crippen LogP contribution in [0.3, 0.4) is 0 Å². The first kappa shape index (κ1) is 27.1. The molecule has 176 valence electrons. The Kier molecular flexibility index (Phi) is 11.4. The van der Waals surface area contributed by atoms with Gasteiger partial charge in [-0.3, -0.25) is 9.59 Å². The van der Waals surface area contributed by atoms with Crippen LogP contribution in [0.2, 0.25) is 0 Å². The van der Waals surface area contributed by atoms with Gasteiger partial charge in [-0.25, -0.2) is 4.79 Å². The van der Waals surface area contributed by atoms with Gasteiger partial charge in [-0.05, 0) is 25.8 Å². The van der Waals surface area contributed by atoms with Crippen LogP contribution in [0.4, 0.5) is 0 Å². The highest BCUT2D eigenvalue weighted by molar-refractivity contribution is 5.86. The summed E-state index contributed by atoms with van der Waals surface area (Å²) >= 11 is 0. The molecule has 1 aromatic carbocycles. The number of nitrogens with one attached hydrogen (secondary N) is 2. The average molecular weight is 445 g/mol. The average Bonchev–Trinajstić information content (AvgIpc) is 2.75. The number of methoxy groups -OCH3 is 1. The fourth-order valence-electron chi connectivity index (χ4n) is 3.20. The smallest absolute Gasteiger partial charge is 0.328 e. The molecule has 0 aromatic heterocycles. The highest BCUT2D eigenvalue weighted by Gasteiger charge is 2.26. The molecule has 0 radical (unpaired) electrons. The van der Waals surface area contributed by atoms with E-state index in [1.54, 1.807) is 13.0 Å². The Morgan fingerprint density at radius 3 is 2.25 bits per heavy atom. The molecule has 5 atom stereocenters. The van der Waals surface area contributed by atoms with Gasteiger partial charge < -0.3 is 20.5 Å². The third-order valence-electron chi connectivity index (χ3n) is 5.22. The van der Waals surface area contributed by atoms with Crippen molar-refractivity contribution in [1.29, 1.82) is 0 Å². The molecule has 7 nitrogen and oxygen atoms in total. The number of rotatable bonds is 11. The fraction of sp³-hybridized carbons (Fsp3) is 0.480. The van der Waals surface area contributed by atoms with E-state index < -0.39 is 30.1 Å². The van der Waals surface area contributed by atoms with Crippen LogP contribution in [0.15, 0.2) is 54.1 Å². The van der Waals surface area contributed by atoms with Crippen molar-refractivity contribution in [2.45, 2.75) is 59.2 Å². The summed E-state index contributed by atoms with van der Waals surface area (Å²) in [5.41, 5.74) is 1.97. The maximum Gasteiger partial charge on any atom is 0.328 e. The van der Waals surface area contributed by atoms with E-state index in [1.165, 1.54) is 21.0 Å². The number of hydrogen-bond donors (Lipinski definition) is 3. The van der Waals surface area contributed by atoms with Crippen molar-refractivity contribution in [2.24, 2.45) is 11.8 Å². The van der Waals surface area contributed by atoms with Gasteiger partial charge in [0.25, 0.3) is 0 Å². The lowest BCUT2D eigenvalue weighted by Crippen LogP contribution is -2.48. The molecule has 0 fully saturated rings. The third-order valence-corrected chi connectivity index (χ3v) is 5.22. The SMILES string of the molecule is COC(=O)[C@@H](C)NC(=O)[C@@H](C)C(/C=C/C(C)=C/[C@H](C)[C@@H](O)Cc1ccccc1)NC(C)=O. The zero-order valence-electron chi connectivity index (χ0n) is 19.8. The van der Waals surface area contributed by atoms with Crippen LogP contribution in [0.1, 0.15) is 40.2 Å². The Morgan fingerprint density at radius 1 is 1.06 bits per heavy atom. The second-order valence-electron chi connectivity index (χ2n) is 8.15. The molecule has 1 aromatic rings. The van der Waals surface area contributed by atoms with Gasteiger partial charge in [0.15, 0.2) is 0 Å². The molecule has 1 rings (SSSR count). The lowest BCUT2D eigenvalue weighted by molar-refractivity contribution is -0.145. The van der Waals surface area contributed by atoms with Crippen LogP contribution in [0, 0.1) is 11.8 Å². The van der Waals surface area contributed by atoms with Gasteiger partial charge in [-0.15, -0.1) is 0 Å². The van der Waals surface area contributed by atoms with Gasteiger partial charge in [0.2, 0.25) is 11.8 Å². The zero-order chi connectivity index (χ0) is 24.3. The molecule has 0 saturated carbocycles. The van der Waals surface area contributed by atoms with Crippen LogP contribution in [-0.2, 0) is 25.5 Å². The maximum absolute atomic E-state index is 12.5. The van der Waals surface area contributed by atoms with E-state index in [1.807, 2.05) is 56.3 Å². The van der Waals surface area contributed by atoms with Gasteiger partial charge in [0.1, 0.15) is 6.04 Å². The first-order valence-corrected chi connectivity index (χ1v) is 10.8. The Bertz CT molecular complexity index is 819. The minimum absolute atomic E-state index is 0.0827. The number of carbonyl (C=O) groups is 3. The predicted octanol–water partition coefficient (Wildman–Crippen LogP) is 2.55. The Hall–Kier alpha value is -2.93. The van der Waals surface area contributed by atoms with Crippen molar-refractivity contribution in [2.75, 3.05) is 7.11 Å². The van der Waals surface area contributed by atoms with E-state index in [2.05, 4.69) is 15.4 Å². The van der Waals surface area contributed by atoms with Gasteiger partial charge in [0, 0.05) is 12.8 Å². The number of allylic oxidation sites excluding steroid dienone is 2. The summed E-state index contributed by atoms with van der Waals surface area (Å²) in [6.07, 6.45) is 5.55. The van der Waals surface area contributed by atoms with Crippen LogP contribution >= 0.6 is 0 Å². The van der Waals surface area contributed by atoms with Gasteiger partial charge in [0.05, 0.1) is 25.2 Å². The highest BCUT2D eigenvalue weighted by Crippen LogP contribution is 2.15. The molecule has 0 aliphatic carbocycles. The van der Waals surface area contributed by atoms with E-state index in [0.717, 1.165) is 11.1 Å². The van der Waals surface area contributed by atoms with Gasteiger partial charge in [-0.1, -0.05) is 68.0 Å². The van der Waals surface area contributed by atoms with Crippen LogP contribution in [-0.4, -0.2) is 48.2 Å². The molecule has 0 bridgehead atoms. The molecule has 0 spiro atoms. The van der Waals surface area contributed by atoms with Gasteiger partial charge in [-0.2, -0.15) is 0 Å². The molecule has 0 aliphatic rings. The van der Waals surface area contributed by atoms with Crippen molar-refractivity contribution in [3.05, 3.63) is 59.7 Å². The Balaban J connectivity index is 2.83. The summed E-state index contributed by atoms with van der Waals surface area (Å²) < 4.78 is 4.62. The molecule has 1 unspecified atom stereocenters. The number of hydrogen-bond acceptors (Lipinski definition) is 5. The minimum Gasteiger partial charge on any atom is -0.467 e. The first-order valence-electron chi connectivity index (χ1n) is 10.8. The van der Waals surface area contributed by atoms with Crippen LogP contribution in [0.5, 0.6) is 0 Å². The number of benzene rings is 1. The quantitative estimate of drug-likeness (QED) is 0.359. The second-order valence-corrected chi connectivity index (χ2v) is 8.15. The highest BCUT2D eigenvalue weighted by atomic mass is 16.5. The largest absolute Gasteiger partial charge is 0.467 e. The first-order chi connectivity index (χ1) is 15.0. The zero-order valence-corrected chi connectivity index (χ0v) is 19.8. The topological polar surface area (TPSA) is 105 Å². The normalized spacial score (nSPS) is 16.5. The molecule has 7 heteroatoms. The van der Waals surface area contributed by atoms with E-state index in [0.29, 0.717) is 6.42 Å². The standard InChI is InChI=1S/C25H36N2O5/c1-16(14-17(2)23(29)15-21-10-8-7-9-11-21)12-13-22(27-20(5)28)18(3)24(30)26-19(4)25(31)32-6/h7-14,17-19,22-23,29H,15H2,1-6H3,(H,26,30)(H,27,28)/b13-12+,16-14+/t17-,18-,19+,22?,23-/m0/s1. The minimum atomic E-state index is -0.787. The molecule has 0 aliphatic heterocycles. The van der Waals surface area contributed by atoms with Crippen LogP contribution < -0.4 is 10.6 Å². The number of esters is 1. The van der Waals surface area contributed by atoms with Crippen molar-refractivity contribution in [3.63, 3.8) is 0 Å². The molecule has 0 heterocycles. The van der Waals surface area contributed by atoms with E-state index >= 15 is 0 Å². The van der Waals surface area contributed by atoms with Crippen LogP contribution in [0.25, 0.3) is 0 Å². The van der Waals surface area contributed by atoms with E-state index in [4.69, 9.17) is 0 Å². The number of aliphatic hydroxyl groups excluding tert-OH is 1. The Morgan fingerprint density at radius 2 is 1.69 bits per heavy atom. The third kappa shape index (κ3) is 9.47. The lowest BCUT2D eigenvalue weighted by atomic mass is 9.95. The van der Waals surface area contributed by atoms with Crippen molar-refractivity contribution < 1.29 is 24.2 Å². The summed E-state index contributed by atoms with van der Waals surface area (Å²) in [7, 11) is 1.25. The summed E-state index contributed by atoms with van der Waals surface area (Å²) in [6.45, 7) is 8.44. The number of ether oxygens (including phenoxy) is 1. The maximum atomic E-state index is 12.5. The lowest BCUT2D eigenvalue weighted by Gasteiger charge is -2.23. The fourth-order valence-corrected chi connectivity index (χ4v) is 3.20. The predicted molar refractivity (Wildman–Crippen MR) is 125 cm³/mol. The molecule has 2 amide bonds. The summed E-state index contributed by atoms with van der Waals surface area (Å²) in [5.74, 6) is -1.89. The van der Waals surface area contributed by atoms with E-state index in [-0.39, 0.29) is 17.7 Å². The molecule has 32 heavy (non-hydrogen) atoms. The molecular weight excluding hydrogens is 408 g/mol. The number of carbonyl (C=O) groups excluding carboxylic acids is 3. The van der Waals surface area contributed by atoms with Crippen molar-refractivity contribution >= 4 is 17.8 Å². The number of amides is 2.